The van der Waals surface area contributed by atoms with E-state index in [9.17, 15) is 0 Å². The predicted molar refractivity (Wildman–Crippen MR) is 91.7 cm³/mol. The Morgan fingerprint density at radius 3 is 2.90 bits per heavy atom. The van der Waals surface area contributed by atoms with Gasteiger partial charge in [-0.15, -0.1) is 17.0 Å². The zero-order chi connectivity index (χ0) is 13.7. The molecule has 2 fully saturated rings. The van der Waals surface area contributed by atoms with E-state index in [1.54, 1.807) is 18.2 Å². The van der Waals surface area contributed by atoms with E-state index in [1.807, 2.05) is 0 Å². The summed E-state index contributed by atoms with van der Waals surface area (Å²) in [5, 5.41) is 0. The van der Waals surface area contributed by atoms with Crippen LogP contribution in [-0.2, 0) is 11.8 Å². The number of likely N-dealkylation sites (tertiary alicyclic amines) is 1. The van der Waals surface area contributed by atoms with Crippen LogP contribution in [0.15, 0.2) is 18.2 Å². The van der Waals surface area contributed by atoms with Crippen LogP contribution in [0.3, 0.4) is 0 Å². The first-order chi connectivity index (χ1) is 9.74. The van der Waals surface area contributed by atoms with Crippen LogP contribution in [-0.4, -0.2) is 31.6 Å². The van der Waals surface area contributed by atoms with Gasteiger partial charge in [0.05, 0.1) is 7.11 Å². The largest absolute Gasteiger partial charge is 0.497 e. The van der Waals surface area contributed by atoms with Gasteiger partial charge in [-0.05, 0) is 68.5 Å². The van der Waals surface area contributed by atoms with Gasteiger partial charge in [0.1, 0.15) is 5.75 Å². The fourth-order valence-electron chi connectivity index (χ4n) is 5.30. The molecule has 2 nitrogen and oxygen atoms in total. The highest BCUT2D eigenvalue weighted by Gasteiger charge is 2.53. The Morgan fingerprint density at radius 2 is 2.10 bits per heavy atom. The van der Waals surface area contributed by atoms with E-state index >= 15 is 0 Å². The summed E-state index contributed by atoms with van der Waals surface area (Å²) in [7, 11) is 4.12. The summed E-state index contributed by atoms with van der Waals surface area (Å²) in [5.41, 5.74) is 3.67. The molecule has 2 aliphatic carbocycles. The smallest absolute Gasteiger partial charge is 0.119 e. The van der Waals surface area contributed by atoms with Crippen molar-refractivity contribution in [1.29, 1.82) is 0 Å². The third kappa shape index (κ3) is 2.16. The average Bonchev–Trinajstić information content (AvgIpc) is 2.50. The monoisotopic (exact) mass is 351 g/mol. The van der Waals surface area contributed by atoms with Gasteiger partial charge in [0.2, 0.25) is 0 Å². The number of nitrogens with zero attached hydrogens (tertiary/aromatic N) is 1. The zero-order valence-corrected chi connectivity index (χ0v) is 14.8. The zero-order valence-electron chi connectivity index (χ0n) is 13.1. The van der Waals surface area contributed by atoms with Crippen molar-refractivity contribution in [1.82, 2.24) is 4.90 Å². The summed E-state index contributed by atoms with van der Waals surface area (Å²) in [6.45, 7) is 1.26. The average molecular weight is 352 g/mol. The lowest BCUT2D eigenvalue weighted by molar-refractivity contribution is 0.00274. The molecule has 1 aromatic carbocycles. The standard InChI is InChI=1S/C18H25NO.BrH/c1-19-10-9-18-8-4-3-5-15(18)17(19)11-13-6-7-14(20-2)12-16(13)18;/h6-7,12,15,17H,3-5,8-11H2,1-2H3;1H/t15?,17-,18-;/m1./s1. The molecule has 3 heteroatoms. The van der Waals surface area contributed by atoms with Crippen molar-refractivity contribution < 1.29 is 4.74 Å². The minimum atomic E-state index is 0. The topological polar surface area (TPSA) is 12.5 Å². The van der Waals surface area contributed by atoms with Crippen LogP contribution in [0.4, 0.5) is 0 Å². The first-order valence-electron chi connectivity index (χ1n) is 8.12. The van der Waals surface area contributed by atoms with Gasteiger partial charge in [0.15, 0.2) is 0 Å². The molecular weight excluding hydrogens is 326 g/mol. The molecule has 1 unspecified atom stereocenters. The second-order valence-electron chi connectivity index (χ2n) is 7.03. The van der Waals surface area contributed by atoms with Crippen LogP contribution in [0.25, 0.3) is 0 Å². The van der Waals surface area contributed by atoms with Gasteiger partial charge >= 0.3 is 0 Å². The Balaban J connectivity index is 0.00000132. The number of methoxy groups -OCH3 is 1. The van der Waals surface area contributed by atoms with Crippen LogP contribution in [0.2, 0.25) is 0 Å². The Hall–Kier alpha value is -0.540. The van der Waals surface area contributed by atoms with Crippen LogP contribution in [0.1, 0.15) is 43.2 Å². The molecule has 1 saturated carbocycles. The molecular formula is C18H26BrNO. The van der Waals surface area contributed by atoms with E-state index < -0.39 is 0 Å². The molecule has 4 rings (SSSR count). The van der Waals surface area contributed by atoms with Gasteiger partial charge in [-0.3, -0.25) is 0 Å². The Bertz CT molecular complexity index is 532. The van der Waals surface area contributed by atoms with Gasteiger partial charge < -0.3 is 9.64 Å². The third-order valence-electron chi connectivity index (χ3n) is 6.32. The van der Waals surface area contributed by atoms with Gasteiger partial charge in [0, 0.05) is 11.5 Å². The molecule has 1 heterocycles. The molecule has 1 aromatic rings. The molecule has 0 N–H and O–H groups in total. The number of piperidine rings is 1. The number of rotatable bonds is 1. The fraction of sp³-hybridized carbons (Fsp3) is 0.667. The van der Waals surface area contributed by atoms with E-state index in [1.165, 1.54) is 45.1 Å². The molecule has 3 aliphatic rings. The van der Waals surface area contributed by atoms with Crippen LogP contribution < -0.4 is 4.74 Å². The minimum Gasteiger partial charge on any atom is -0.497 e. The summed E-state index contributed by atoms with van der Waals surface area (Å²) in [6.07, 6.45) is 8.22. The molecule has 0 aromatic heterocycles. The number of hydrogen-bond acceptors (Lipinski definition) is 2. The van der Waals surface area contributed by atoms with Gasteiger partial charge in [-0.25, -0.2) is 0 Å². The second-order valence-corrected chi connectivity index (χ2v) is 7.03. The van der Waals surface area contributed by atoms with E-state index in [2.05, 4.69) is 30.1 Å². The first kappa shape index (κ1) is 15.4. The molecule has 0 radical (unpaired) electrons. The second kappa shape index (κ2) is 5.58. The van der Waals surface area contributed by atoms with Crippen LogP contribution >= 0.6 is 17.0 Å². The molecule has 0 amide bonds. The van der Waals surface area contributed by atoms with E-state index in [0.717, 1.165) is 17.7 Å². The number of halogens is 1. The maximum absolute atomic E-state index is 5.51. The van der Waals surface area contributed by atoms with E-state index in [4.69, 9.17) is 4.74 Å². The van der Waals surface area contributed by atoms with Gasteiger partial charge in [-0.2, -0.15) is 0 Å². The van der Waals surface area contributed by atoms with E-state index in [-0.39, 0.29) is 17.0 Å². The molecule has 21 heavy (non-hydrogen) atoms. The lowest BCUT2D eigenvalue weighted by Gasteiger charge is -2.58. The minimum absolute atomic E-state index is 0. The molecule has 3 atom stereocenters. The Kier molecular flexibility index (Phi) is 4.08. The number of benzene rings is 1. The predicted octanol–water partition coefficient (Wildman–Crippen LogP) is 3.96. The molecule has 2 bridgehead atoms. The summed E-state index contributed by atoms with van der Waals surface area (Å²) in [6, 6.07) is 7.60. The van der Waals surface area contributed by atoms with Gasteiger partial charge in [-0.1, -0.05) is 18.9 Å². The van der Waals surface area contributed by atoms with Crippen molar-refractivity contribution in [3.05, 3.63) is 29.3 Å². The van der Waals surface area contributed by atoms with Crippen molar-refractivity contribution in [2.24, 2.45) is 5.92 Å². The summed E-state index contributed by atoms with van der Waals surface area (Å²) in [5.74, 6) is 1.91. The lowest BCUT2D eigenvalue weighted by Crippen LogP contribution is -2.59. The van der Waals surface area contributed by atoms with Crippen LogP contribution in [0.5, 0.6) is 5.75 Å². The normalized spacial score (nSPS) is 34.4. The van der Waals surface area contributed by atoms with E-state index in [0.29, 0.717) is 5.41 Å². The maximum Gasteiger partial charge on any atom is 0.119 e. The van der Waals surface area contributed by atoms with Crippen molar-refractivity contribution in [2.45, 2.75) is 50.0 Å². The summed E-state index contributed by atoms with van der Waals surface area (Å²) >= 11 is 0. The first-order valence-corrected chi connectivity index (χ1v) is 8.12. The number of hydrogen-bond donors (Lipinski definition) is 0. The van der Waals surface area contributed by atoms with Crippen molar-refractivity contribution >= 4 is 17.0 Å². The highest BCUT2D eigenvalue weighted by Crippen LogP contribution is 2.55. The van der Waals surface area contributed by atoms with Crippen molar-refractivity contribution in [3.8, 4) is 5.75 Å². The van der Waals surface area contributed by atoms with Crippen molar-refractivity contribution in [2.75, 3.05) is 20.7 Å². The highest BCUT2D eigenvalue weighted by atomic mass is 79.9. The maximum atomic E-state index is 5.51. The van der Waals surface area contributed by atoms with Gasteiger partial charge in [0.25, 0.3) is 0 Å². The molecule has 1 saturated heterocycles. The number of fused-ring (bicyclic) bond motifs is 1. The highest BCUT2D eigenvalue weighted by molar-refractivity contribution is 8.93. The Morgan fingerprint density at radius 1 is 1.24 bits per heavy atom. The summed E-state index contributed by atoms with van der Waals surface area (Å²) in [4.78, 5) is 2.63. The quantitative estimate of drug-likeness (QED) is 0.759. The molecule has 116 valence electrons. The molecule has 1 aliphatic heterocycles. The van der Waals surface area contributed by atoms with Crippen LogP contribution in [0, 0.1) is 5.92 Å². The van der Waals surface area contributed by atoms with Crippen molar-refractivity contribution in [3.63, 3.8) is 0 Å². The third-order valence-corrected chi connectivity index (χ3v) is 6.32. The Labute approximate surface area is 138 Å². The number of likely N-dealkylation sites (N-methyl/N-ethyl adjacent to an activating group) is 1. The summed E-state index contributed by atoms with van der Waals surface area (Å²) < 4.78 is 5.51. The number of ether oxygens (including phenoxy) is 1. The molecule has 0 spiro atoms. The lowest BCUT2D eigenvalue weighted by atomic mass is 9.52. The SMILES string of the molecule is Br.COc1ccc2c(c1)[C@@]13CCCCC1[C@@H](C2)N(C)CC3. The fourth-order valence-corrected chi connectivity index (χ4v) is 5.30.